The number of halogens is 1. The van der Waals surface area contributed by atoms with E-state index in [0.717, 1.165) is 5.56 Å². The minimum absolute atomic E-state index is 0.0457. The number of carboxylic acids is 1. The molecule has 0 aromatic carbocycles. The molecule has 0 saturated heterocycles. The van der Waals surface area contributed by atoms with E-state index in [1.54, 1.807) is 12.4 Å². The Balaban J connectivity index is 2.84. The summed E-state index contributed by atoms with van der Waals surface area (Å²) in [7, 11) is 0. The number of carbonyl (C=O) groups is 1. The molecule has 72 valence electrons. The number of carboxylic acid groups (broad SMARTS) is 1. The Kier molecular flexibility index (Phi) is 1.89. The van der Waals surface area contributed by atoms with E-state index in [-0.39, 0.29) is 16.4 Å². The van der Waals surface area contributed by atoms with Crippen LogP contribution in [0.5, 0.6) is 0 Å². The number of aryl methyl sites for hydroxylation is 1. The lowest BCUT2D eigenvalue weighted by atomic mass is 10.3. The maximum Gasteiger partial charge on any atom is 0.342 e. The summed E-state index contributed by atoms with van der Waals surface area (Å²) < 4.78 is 1.36. The third kappa shape index (κ3) is 1.22. The first kappa shape index (κ1) is 8.96. The zero-order valence-electron chi connectivity index (χ0n) is 7.23. The molecule has 14 heavy (non-hydrogen) atoms. The second kappa shape index (κ2) is 2.95. The predicted molar refractivity (Wildman–Crippen MR) is 49.7 cm³/mol. The van der Waals surface area contributed by atoms with Crippen LogP contribution in [0.3, 0.4) is 0 Å². The van der Waals surface area contributed by atoms with Gasteiger partial charge in [-0.1, -0.05) is 11.6 Å². The van der Waals surface area contributed by atoms with Crippen molar-refractivity contribution in [3.05, 3.63) is 28.7 Å². The fourth-order valence-electron chi connectivity index (χ4n) is 1.19. The number of fused-ring (bicyclic) bond motifs is 1. The molecule has 0 bridgehead atoms. The van der Waals surface area contributed by atoms with E-state index in [0.29, 0.717) is 0 Å². The van der Waals surface area contributed by atoms with Crippen molar-refractivity contribution in [1.29, 1.82) is 0 Å². The van der Waals surface area contributed by atoms with Crippen LogP contribution in [0.4, 0.5) is 0 Å². The molecule has 0 fully saturated rings. The van der Waals surface area contributed by atoms with Crippen LogP contribution in [0, 0.1) is 6.92 Å². The molecule has 5 nitrogen and oxygen atoms in total. The molecular weight excluding hydrogens is 206 g/mol. The Labute approximate surface area is 83.9 Å². The minimum atomic E-state index is -1.12. The lowest BCUT2D eigenvalue weighted by Gasteiger charge is -1.94. The minimum Gasteiger partial charge on any atom is -0.477 e. The quantitative estimate of drug-likeness (QED) is 0.774. The van der Waals surface area contributed by atoms with E-state index in [9.17, 15) is 4.79 Å². The molecule has 0 atom stereocenters. The van der Waals surface area contributed by atoms with Crippen molar-refractivity contribution in [2.24, 2.45) is 0 Å². The smallest absolute Gasteiger partial charge is 0.342 e. The SMILES string of the molecule is Cc1cnc2c(C(=O)O)c(Cl)nn2c1. The second-order valence-corrected chi connectivity index (χ2v) is 3.23. The highest BCUT2D eigenvalue weighted by Gasteiger charge is 2.18. The highest BCUT2D eigenvalue weighted by Crippen LogP contribution is 2.18. The number of nitrogens with zero attached hydrogens (tertiary/aromatic N) is 3. The standard InChI is InChI=1S/C8H6ClN3O2/c1-4-2-10-7-5(8(13)14)6(9)11-12(7)3-4/h2-3H,1H3,(H,13,14). The third-order valence-corrected chi connectivity index (χ3v) is 2.04. The molecule has 2 aromatic heterocycles. The van der Waals surface area contributed by atoms with Gasteiger partial charge < -0.3 is 5.11 Å². The van der Waals surface area contributed by atoms with Gasteiger partial charge in [-0.3, -0.25) is 0 Å². The molecule has 0 saturated carbocycles. The Morgan fingerprint density at radius 3 is 3.00 bits per heavy atom. The fraction of sp³-hybridized carbons (Fsp3) is 0.125. The van der Waals surface area contributed by atoms with Gasteiger partial charge in [-0.25, -0.2) is 14.3 Å². The van der Waals surface area contributed by atoms with Gasteiger partial charge in [0.1, 0.15) is 5.56 Å². The molecule has 0 radical (unpaired) electrons. The number of aromatic nitrogens is 3. The van der Waals surface area contributed by atoms with Crippen LogP contribution in [0.1, 0.15) is 15.9 Å². The Bertz CT molecular complexity index is 521. The van der Waals surface area contributed by atoms with Crippen molar-refractivity contribution in [3.8, 4) is 0 Å². The normalized spacial score (nSPS) is 10.7. The molecule has 6 heteroatoms. The molecule has 2 heterocycles. The van der Waals surface area contributed by atoms with Gasteiger partial charge in [0.2, 0.25) is 0 Å². The Morgan fingerprint density at radius 1 is 1.64 bits per heavy atom. The predicted octanol–water partition coefficient (Wildman–Crippen LogP) is 1.39. The zero-order chi connectivity index (χ0) is 10.3. The lowest BCUT2D eigenvalue weighted by Crippen LogP contribution is -1.98. The van der Waals surface area contributed by atoms with Crippen LogP contribution >= 0.6 is 11.6 Å². The van der Waals surface area contributed by atoms with Crippen molar-refractivity contribution < 1.29 is 9.90 Å². The molecule has 0 aliphatic rings. The van der Waals surface area contributed by atoms with Crippen molar-refractivity contribution in [3.63, 3.8) is 0 Å². The third-order valence-electron chi connectivity index (χ3n) is 1.77. The number of rotatable bonds is 1. The summed E-state index contributed by atoms with van der Waals surface area (Å²) in [5.41, 5.74) is 1.08. The molecule has 2 aromatic rings. The molecular formula is C8H6ClN3O2. The molecule has 0 spiro atoms. The van der Waals surface area contributed by atoms with E-state index in [4.69, 9.17) is 16.7 Å². The number of hydrogen-bond donors (Lipinski definition) is 1. The van der Waals surface area contributed by atoms with Crippen LogP contribution in [0.25, 0.3) is 5.65 Å². The van der Waals surface area contributed by atoms with E-state index in [1.165, 1.54) is 4.52 Å². The van der Waals surface area contributed by atoms with E-state index < -0.39 is 5.97 Å². The topological polar surface area (TPSA) is 67.5 Å². The monoisotopic (exact) mass is 211 g/mol. The fourth-order valence-corrected chi connectivity index (χ4v) is 1.43. The van der Waals surface area contributed by atoms with Crippen LogP contribution in [-0.2, 0) is 0 Å². The van der Waals surface area contributed by atoms with E-state index in [1.807, 2.05) is 6.92 Å². The van der Waals surface area contributed by atoms with Gasteiger partial charge in [0.25, 0.3) is 0 Å². The van der Waals surface area contributed by atoms with Gasteiger partial charge in [0.15, 0.2) is 10.8 Å². The zero-order valence-corrected chi connectivity index (χ0v) is 7.99. The van der Waals surface area contributed by atoms with Gasteiger partial charge >= 0.3 is 5.97 Å². The van der Waals surface area contributed by atoms with Gasteiger partial charge in [-0.05, 0) is 12.5 Å². The van der Waals surface area contributed by atoms with Crippen LogP contribution in [0.15, 0.2) is 12.4 Å². The van der Waals surface area contributed by atoms with Gasteiger partial charge in [-0.2, -0.15) is 5.10 Å². The Morgan fingerprint density at radius 2 is 2.36 bits per heavy atom. The van der Waals surface area contributed by atoms with Gasteiger partial charge in [0.05, 0.1) is 0 Å². The molecule has 0 aliphatic heterocycles. The largest absolute Gasteiger partial charge is 0.477 e. The summed E-state index contributed by atoms with van der Waals surface area (Å²) in [5.74, 6) is -1.12. The maximum atomic E-state index is 10.8. The van der Waals surface area contributed by atoms with Gasteiger partial charge in [0, 0.05) is 12.4 Å². The van der Waals surface area contributed by atoms with Crippen LogP contribution in [0.2, 0.25) is 5.15 Å². The first-order chi connectivity index (χ1) is 6.59. The highest BCUT2D eigenvalue weighted by molar-refractivity contribution is 6.33. The van der Waals surface area contributed by atoms with Gasteiger partial charge in [-0.15, -0.1) is 0 Å². The second-order valence-electron chi connectivity index (χ2n) is 2.87. The Hall–Kier alpha value is -1.62. The highest BCUT2D eigenvalue weighted by atomic mass is 35.5. The van der Waals surface area contributed by atoms with Crippen LogP contribution in [-0.4, -0.2) is 25.7 Å². The number of hydrogen-bond acceptors (Lipinski definition) is 3. The molecule has 0 unspecified atom stereocenters. The van der Waals surface area contributed by atoms with E-state index in [2.05, 4.69) is 10.1 Å². The number of aromatic carboxylic acids is 1. The first-order valence-corrected chi connectivity index (χ1v) is 4.21. The molecule has 2 rings (SSSR count). The van der Waals surface area contributed by atoms with Crippen molar-refractivity contribution in [1.82, 2.24) is 14.6 Å². The summed E-state index contributed by atoms with van der Waals surface area (Å²) in [6.45, 7) is 1.84. The van der Waals surface area contributed by atoms with Crippen LogP contribution < -0.4 is 0 Å². The van der Waals surface area contributed by atoms with Crippen molar-refractivity contribution >= 4 is 23.2 Å². The molecule has 1 N–H and O–H groups in total. The van der Waals surface area contributed by atoms with Crippen molar-refractivity contribution in [2.75, 3.05) is 0 Å². The first-order valence-electron chi connectivity index (χ1n) is 3.83. The average Bonchev–Trinajstić information content (AvgIpc) is 2.39. The summed E-state index contributed by atoms with van der Waals surface area (Å²) in [6, 6.07) is 0. The molecule has 0 aliphatic carbocycles. The lowest BCUT2D eigenvalue weighted by molar-refractivity contribution is 0.0699. The van der Waals surface area contributed by atoms with E-state index >= 15 is 0 Å². The van der Waals surface area contributed by atoms with Crippen molar-refractivity contribution in [2.45, 2.75) is 6.92 Å². The summed E-state index contributed by atoms with van der Waals surface area (Å²) in [4.78, 5) is 14.8. The summed E-state index contributed by atoms with van der Waals surface area (Å²) >= 11 is 5.66. The average molecular weight is 212 g/mol. The summed E-state index contributed by atoms with van der Waals surface area (Å²) in [6.07, 6.45) is 3.24. The summed E-state index contributed by atoms with van der Waals surface area (Å²) in [5, 5.41) is 12.6. The molecule has 0 amide bonds. The maximum absolute atomic E-state index is 10.8.